The third-order valence-corrected chi connectivity index (χ3v) is 3.60. The SMILES string of the molecule is CCc1ccc(CNCC2CCC(C)C2)o1. The van der Waals surface area contributed by atoms with Crippen LogP contribution in [0, 0.1) is 11.8 Å². The standard InChI is InChI=1S/C14H23NO/c1-3-13-6-7-14(16-13)10-15-9-12-5-4-11(2)8-12/h6-7,11-12,15H,3-5,8-10H2,1-2H3. The van der Waals surface area contributed by atoms with E-state index in [0.717, 1.165) is 42.9 Å². The molecule has 1 heterocycles. The minimum Gasteiger partial charge on any atom is -0.465 e. The summed E-state index contributed by atoms with van der Waals surface area (Å²) in [6.45, 7) is 6.51. The Morgan fingerprint density at radius 2 is 2.12 bits per heavy atom. The van der Waals surface area contributed by atoms with Gasteiger partial charge in [-0.25, -0.2) is 0 Å². The Bertz CT molecular complexity index is 318. The van der Waals surface area contributed by atoms with Crippen LogP contribution in [-0.2, 0) is 13.0 Å². The van der Waals surface area contributed by atoms with Gasteiger partial charge in [0, 0.05) is 6.42 Å². The monoisotopic (exact) mass is 221 g/mol. The van der Waals surface area contributed by atoms with Gasteiger partial charge in [-0.3, -0.25) is 0 Å². The second kappa shape index (κ2) is 5.53. The molecular formula is C14H23NO. The number of hydrogen-bond donors (Lipinski definition) is 1. The van der Waals surface area contributed by atoms with Crippen molar-refractivity contribution in [1.29, 1.82) is 0 Å². The van der Waals surface area contributed by atoms with Gasteiger partial charge in [0.25, 0.3) is 0 Å². The van der Waals surface area contributed by atoms with Crippen LogP contribution in [0.2, 0.25) is 0 Å². The van der Waals surface area contributed by atoms with Crippen LogP contribution in [0.4, 0.5) is 0 Å². The average Bonchev–Trinajstić information content (AvgIpc) is 2.88. The van der Waals surface area contributed by atoms with Gasteiger partial charge < -0.3 is 9.73 Å². The van der Waals surface area contributed by atoms with E-state index in [0.29, 0.717) is 0 Å². The van der Waals surface area contributed by atoms with Crippen LogP contribution in [0.3, 0.4) is 0 Å². The fourth-order valence-corrected chi connectivity index (χ4v) is 2.62. The summed E-state index contributed by atoms with van der Waals surface area (Å²) in [6, 6.07) is 4.16. The third kappa shape index (κ3) is 3.11. The highest BCUT2D eigenvalue weighted by Gasteiger charge is 2.20. The molecule has 0 saturated heterocycles. The summed E-state index contributed by atoms with van der Waals surface area (Å²) in [7, 11) is 0. The molecule has 1 aromatic heterocycles. The van der Waals surface area contributed by atoms with Gasteiger partial charge in [0.2, 0.25) is 0 Å². The molecule has 2 rings (SSSR count). The maximum atomic E-state index is 5.66. The summed E-state index contributed by atoms with van der Waals surface area (Å²) in [6.07, 6.45) is 5.19. The summed E-state index contributed by atoms with van der Waals surface area (Å²) < 4.78 is 5.66. The van der Waals surface area contributed by atoms with E-state index in [-0.39, 0.29) is 0 Å². The highest BCUT2D eigenvalue weighted by atomic mass is 16.3. The Morgan fingerprint density at radius 1 is 1.31 bits per heavy atom. The molecule has 2 atom stereocenters. The van der Waals surface area contributed by atoms with Gasteiger partial charge in [-0.2, -0.15) is 0 Å². The fraction of sp³-hybridized carbons (Fsp3) is 0.714. The second-order valence-electron chi connectivity index (χ2n) is 5.14. The van der Waals surface area contributed by atoms with E-state index < -0.39 is 0 Å². The van der Waals surface area contributed by atoms with E-state index >= 15 is 0 Å². The minimum absolute atomic E-state index is 0.880. The lowest BCUT2D eigenvalue weighted by molar-refractivity contribution is 0.422. The molecule has 0 aromatic carbocycles. The predicted molar refractivity (Wildman–Crippen MR) is 66.3 cm³/mol. The van der Waals surface area contributed by atoms with Gasteiger partial charge >= 0.3 is 0 Å². The molecule has 2 heteroatoms. The quantitative estimate of drug-likeness (QED) is 0.824. The molecule has 1 saturated carbocycles. The summed E-state index contributed by atoms with van der Waals surface area (Å²) in [5, 5.41) is 3.51. The first-order valence-electron chi connectivity index (χ1n) is 6.56. The topological polar surface area (TPSA) is 25.2 Å². The van der Waals surface area contributed by atoms with E-state index in [9.17, 15) is 0 Å². The molecule has 0 amide bonds. The van der Waals surface area contributed by atoms with Crippen molar-refractivity contribution >= 4 is 0 Å². The molecule has 90 valence electrons. The molecule has 1 aromatic rings. The molecule has 0 radical (unpaired) electrons. The summed E-state index contributed by atoms with van der Waals surface area (Å²) in [5.41, 5.74) is 0. The van der Waals surface area contributed by atoms with Crippen LogP contribution in [0.5, 0.6) is 0 Å². The van der Waals surface area contributed by atoms with Crippen molar-refractivity contribution in [2.24, 2.45) is 11.8 Å². The molecule has 1 fully saturated rings. The highest BCUT2D eigenvalue weighted by Crippen LogP contribution is 2.29. The van der Waals surface area contributed by atoms with Crippen molar-refractivity contribution in [3.05, 3.63) is 23.7 Å². The van der Waals surface area contributed by atoms with Gasteiger partial charge in [0.15, 0.2) is 0 Å². The summed E-state index contributed by atoms with van der Waals surface area (Å²) in [5.74, 6) is 3.98. The molecule has 1 aliphatic rings. The molecule has 1 aliphatic carbocycles. The van der Waals surface area contributed by atoms with Crippen molar-refractivity contribution in [3.8, 4) is 0 Å². The lowest BCUT2D eigenvalue weighted by Crippen LogP contribution is -2.20. The fourth-order valence-electron chi connectivity index (χ4n) is 2.62. The first kappa shape index (κ1) is 11.7. The van der Waals surface area contributed by atoms with Crippen molar-refractivity contribution in [1.82, 2.24) is 5.32 Å². The zero-order chi connectivity index (χ0) is 11.4. The first-order chi connectivity index (χ1) is 7.78. The maximum absolute atomic E-state index is 5.66. The normalized spacial score (nSPS) is 25.1. The lowest BCUT2D eigenvalue weighted by Gasteiger charge is -2.09. The van der Waals surface area contributed by atoms with Crippen LogP contribution in [0.25, 0.3) is 0 Å². The van der Waals surface area contributed by atoms with Crippen LogP contribution in [-0.4, -0.2) is 6.54 Å². The molecule has 2 unspecified atom stereocenters. The van der Waals surface area contributed by atoms with Gasteiger partial charge in [-0.05, 0) is 43.4 Å². The van der Waals surface area contributed by atoms with Crippen molar-refractivity contribution < 1.29 is 4.42 Å². The van der Waals surface area contributed by atoms with Gasteiger partial charge in [-0.1, -0.05) is 20.3 Å². The molecule has 2 nitrogen and oxygen atoms in total. The largest absolute Gasteiger partial charge is 0.465 e. The van der Waals surface area contributed by atoms with Crippen LogP contribution in [0.15, 0.2) is 16.5 Å². The number of hydrogen-bond acceptors (Lipinski definition) is 2. The first-order valence-corrected chi connectivity index (χ1v) is 6.56. The Labute approximate surface area is 98.4 Å². The van der Waals surface area contributed by atoms with E-state index in [1.807, 2.05) is 0 Å². The number of nitrogens with one attached hydrogen (secondary N) is 1. The van der Waals surface area contributed by atoms with Gasteiger partial charge in [-0.15, -0.1) is 0 Å². The Balaban J connectivity index is 1.67. The zero-order valence-electron chi connectivity index (χ0n) is 10.5. The number of furan rings is 1. The molecule has 1 N–H and O–H groups in total. The van der Waals surface area contributed by atoms with E-state index in [4.69, 9.17) is 4.42 Å². The molecule has 0 bridgehead atoms. The number of rotatable bonds is 5. The molecule has 16 heavy (non-hydrogen) atoms. The van der Waals surface area contributed by atoms with E-state index in [2.05, 4.69) is 31.3 Å². The smallest absolute Gasteiger partial charge is 0.117 e. The van der Waals surface area contributed by atoms with Crippen LogP contribution in [0.1, 0.15) is 44.6 Å². The van der Waals surface area contributed by atoms with Gasteiger partial charge in [0.1, 0.15) is 11.5 Å². The van der Waals surface area contributed by atoms with Crippen LogP contribution >= 0.6 is 0 Å². The Morgan fingerprint density at radius 3 is 2.75 bits per heavy atom. The van der Waals surface area contributed by atoms with E-state index in [1.165, 1.54) is 19.3 Å². The highest BCUT2D eigenvalue weighted by molar-refractivity contribution is 5.06. The van der Waals surface area contributed by atoms with Crippen molar-refractivity contribution in [2.75, 3.05) is 6.54 Å². The lowest BCUT2D eigenvalue weighted by atomic mass is 10.1. The van der Waals surface area contributed by atoms with E-state index in [1.54, 1.807) is 0 Å². The molecule has 0 spiro atoms. The summed E-state index contributed by atoms with van der Waals surface area (Å²) >= 11 is 0. The Hall–Kier alpha value is -0.760. The maximum Gasteiger partial charge on any atom is 0.117 e. The van der Waals surface area contributed by atoms with Crippen molar-refractivity contribution in [2.45, 2.75) is 46.1 Å². The second-order valence-corrected chi connectivity index (χ2v) is 5.14. The average molecular weight is 221 g/mol. The van der Waals surface area contributed by atoms with Crippen LogP contribution < -0.4 is 5.32 Å². The third-order valence-electron chi connectivity index (χ3n) is 3.60. The summed E-state index contributed by atoms with van der Waals surface area (Å²) in [4.78, 5) is 0. The molecular weight excluding hydrogens is 198 g/mol. The van der Waals surface area contributed by atoms with Crippen molar-refractivity contribution in [3.63, 3.8) is 0 Å². The zero-order valence-corrected chi connectivity index (χ0v) is 10.5. The Kier molecular flexibility index (Phi) is 4.05. The minimum atomic E-state index is 0.880. The predicted octanol–water partition coefficient (Wildman–Crippen LogP) is 3.37. The molecule has 0 aliphatic heterocycles. The number of aryl methyl sites for hydroxylation is 1. The van der Waals surface area contributed by atoms with Gasteiger partial charge in [0.05, 0.1) is 6.54 Å².